The first kappa shape index (κ1) is 13.8. The van der Waals surface area contributed by atoms with Gasteiger partial charge in [0.05, 0.1) is 6.26 Å². The van der Waals surface area contributed by atoms with E-state index in [1.807, 2.05) is 0 Å². The lowest BCUT2D eigenvalue weighted by Gasteiger charge is -2.23. The van der Waals surface area contributed by atoms with Crippen molar-refractivity contribution in [2.75, 3.05) is 13.1 Å². The van der Waals surface area contributed by atoms with E-state index >= 15 is 0 Å². The zero-order valence-corrected chi connectivity index (χ0v) is 10.8. The lowest BCUT2D eigenvalue weighted by Crippen LogP contribution is -2.28. The first-order valence-electron chi connectivity index (χ1n) is 6.10. The van der Waals surface area contributed by atoms with E-state index in [2.05, 4.69) is 25.7 Å². The van der Waals surface area contributed by atoms with E-state index in [-0.39, 0.29) is 5.76 Å². The van der Waals surface area contributed by atoms with Gasteiger partial charge < -0.3 is 9.52 Å². The normalized spacial score (nSPS) is 12.9. The van der Waals surface area contributed by atoms with Crippen LogP contribution in [-0.2, 0) is 6.54 Å². The molecule has 0 spiro atoms. The van der Waals surface area contributed by atoms with Crippen LogP contribution in [0.5, 0.6) is 0 Å². The Labute approximate surface area is 102 Å². The van der Waals surface area contributed by atoms with Gasteiger partial charge in [-0.3, -0.25) is 4.90 Å². The minimum atomic E-state index is -0.996. The number of nitrogens with zero attached hydrogens (tertiary/aromatic N) is 1. The van der Waals surface area contributed by atoms with E-state index in [1.165, 1.54) is 6.26 Å². The van der Waals surface area contributed by atoms with Gasteiger partial charge in [-0.05, 0) is 18.5 Å². The Balaban J connectivity index is 2.67. The van der Waals surface area contributed by atoms with Gasteiger partial charge in [0.2, 0.25) is 5.76 Å². The summed E-state index contributed by atoms with van der Waals surface area (Å²) < 4.78 is 4.98. The van der Waals surface area contributed by atoms with Crippen molar-refractivity contribution < 1.29 is 14.3 Å². The summed E-state index contributed by atoms with van der Waals surface area (Å²) in [5, 5.41) is 8.96. The molecule has 0 saturated carbocycles. The van der Waals surface area contributed by atoms with Crippen LogP contribution in [0.2, 0.25) is 0 Å². The van der Waals surface area contributed by atoms with Crippen LogP contribution >= 0.6 is 0 Å². The van der Waals surface area contributed by atoms with Crippen molar-refractivity contribution in [3.05, 3.63) is 23.7 Å². The van der Waals surface area contributed by atoms with Gasteiger partial charge in [-0.2, -0.15) is 0 Å². The standard InChI is InChI=1S/C13H21NO3/c1-4-10(3)8-14(5-2)9-11-6-7-17-12(11)13(15)16/h6-7,10H,4-5,8-9H2,1-3H3,(H,15,16). The first-order chi connectivity index (χ1) is 8.08. The van der Waals surface area contributed by atoms with Crippen molar-refractivity contribution >= 4 is 5.97 Å². The van der Waals surface area contributed by atoms with Gasteiger partial charge in [0, 0.05) is 18.7 Å². The molecular weight excluding hydrogens is 218 g/mol. The molecule has 1 aromatic heterocycles. The van der Waals surface area contributed by atoms with Crippen molar-refractivity contribution in [3.63, 3.8) is 0 Å². The second-order valence-electron chi connectivity index (χ2n) is 4.42. The number of carbonyl (C=O) groups is 1. The highest BCUT2D eigenvalue weighted by molar-refractivity contribution is 5.86. The molecule has 0 aromatic carbocycles. The van der Waals surface area contributed by atoms with E-state index in [9.17, 15) is 4.79 Å². The molecule has 0 fully saturated rings. The van der Waals surface area contributed by atoms with Crippen LogP contribution in [0, 0.1) is 5.92 Å². The topological polar surface area (TPSA) is 53.7 Å². The Morgan fingerprint density at radius 3 is 2.76 bits per heavy atom. The third-order valence-corrected chi connectivity index (χ3v) is 3.05. The van der Waals surface area contributed by atoms with Gasteiger partial charge in [-0.15, -0.1) is 0 Å². The fourth-order valence-electron chi connectivity index (χ4n) is 1.76. The fraction of sp³-hybridized carbons (Fsp3) is 0.615. The summed E-state index contributed by atoms with van der Waals surface area (Å²) in [5.41, 5.74) is 0.752. The zero-order valence-electron chi connectivity index (χ0n) is 10.8. The van der Waals surface area contributed by atoms with Crippen LogP contribution < -0.4 is 0 Å². The van der Waals surface area contributed by atoms with E-state index in [0.29, 0.717) is 12.5 Å². The summed E-state index contributed by atoms with van der Waals surface area (Å²) in [6.45, 7) is 8.99. The smallest absolute Gasteiger partial charge is 0.372 e. The quantitative estimate of drug-likeness (QED) is 0.795. The highest BCUT2D eigenvalue weighted by Crippen LogP contribution is 2.15. The molecule has 1 unspecified atom stereocenters. The SMILES string of the molecule is CCC(C)CN(CC)Cc1ccoc1C(=O)O. The summed E-state index contributed by atoms with van der Waals surface area (Å²) in [6, 6.07) is 1.74. The highest BCUT2D eigenvalue weighted by Gasteiger charge is 2.16. The average molecular weight is 239 g/mol. The molecule has 96 valence electrons. The maximum atomic E-state index is 10.9. The van der Waals surface area contributed by atoms with Crippen molar-refractivity contribution in [2.45, 2.75) is 33.7 Å². The lowest BCUT2D eigenvalue weighted by molar-refractivity contribution is 0.0659. The van der Waals surface area contributed by atoms with E-state index < -0.39 is 5.97 Å². The third-order valence-electron chi connectivity index (χ3n) is 3.05. The molecule has 17 heavy (non-hydrogen) atoms. The minimum Gasteiger partial charge on any atom is -0.475 e. The van der Waals surface area contributed by atoms with Gasteiger partial charge in [-0.1, -0.05) is 27.2 Å². The number of rotatable bonds is 7. The summed E-state index contributed by atoms with van der Waals surface area (Å²) in [7, 11) is 0. The van der Waals surface area contributed by atoms with Crippen LogP contribution in [0.15, 0.2) is 16.7 Å². The number of carboxylic acid groups (broad SMARTS) is 1. The predicted molar refractivity (Wildman–Crippen MR) is 66.1 cm³/mol. The van der Waals surface area contributed by atoms with Crippen LogP contribution in [0.25, 0.3) is 0 Å². The molecule has 4 nitrogen and oxygen atoms in total. The molecule has 0 aliphatic carbocycles. The predicted octanol–water partition coefficient (Wildman–Crippen LogP) is 2.85. The molecule has 0 radical (unpaired) electrons. The van der Waals surface area contributed by atoms with Gasteiger partial charge in [0.25, 0.3) is 0 Å². The fourth-order valence-corrected chi connectivity index (χ4v) is 1.76. The molecule has 0 saturated heterocycles. The molecule has 0 amide bonds. The van der Waals surface area contributed by atoms with Gasteiger partial charge in [0.15, 0.2) is 0 Å². The molecule has 1 N–H and O–H groups in total. The van der Waals surface area contributed by atoms with E-state index in [4.69, 9.17) is 9.52 Å². The maximum absolute atomic E-state index is 10.9. The molecule has 1 heterocycles. The van der Waals surface area contributed by atoms with Crippen molar-refractivity contribution in [3.8, 4) is 0 Å². The number of carboxylic acids is 1. The average Bonchev–Trinajstić information content (AvgIpc) is 2.76. The molecule has 0 bridgehead atoms. The van der Waals surface area contributed by atoms with Crippen molar-refractivity contribution in [1.82, 2.24) is 4.90 Å². The molecule has 1 aromatic rings. The molecule has 1 rings (SSSR count). The summed E-state index contributed by atoms with van der Waals surface area (Å²) in [4.78, 5) is 13.2. The first-order valence-corrected chi connectivity index (χ1v) is 6.10. The Morgan fingerprint density at radius 1 is 1.53 bits per heavy atom. The van der Waals surface area contributed by atoms with Crippen molar-refractivity contribution in [2.24, 2.45) is 5.92 Å². The largest absolute Gasteiger partial charge is 0.475 e. The second-order valence-corrected chi connectivity index (χ2v) is 4.42. The number of hydrogen-bond acceptors (Lipinski definition) is 3. The molecule has 0 aliphatic rings. The molecule has 1 atom stereocenters. The van der Waals surface area contributed by atoms with Gasteiger partial charge in [0.1, 0.15) is 0 Å². The van der Waals surface area contributed by atoms with Crippen LogP contribution in [0.1, 0.15) is 43.3 Å². The van der Waals surface area contributed by atoms with Crippen molar-refractivity contribution in [1.29, 1.82) is 0 Å². The summed E-state index contributed by atoms with van der Waals surface area (Å²) in [6.07, 6.45) is 2.57. The third kappa shape index (κ3) is 3.89. The van der Waals surface area contributed by atoms with Gasteiger partial charge in [-0.25, -0.2) is 4.79 Å². The lowest BCUT2D eigenvalue weighted by atomic mass is 10.1. The molecule has 4 heteroatoms. The Hall–Kier alpha value is -1.29. The van der Waals surface area contributed by atoms with E-state index in [1.54, 1.807) is 6.07 Å². The zero-order chi connectivity index (χ0) is 12.8. The number of hydrogen-bond donors (Lipinski definition) is 1. The summed E-state index contributed by atoms with van der Waals surface area (Å²) >= 11 is 0. The molecular formula is C13H21NO3. The Morgan fingerprint density at radius 2 is 2.24 bits per heavy atom. The maximum Gasteiger partial charge on any atom is 0.372 e. The second kappa shape index (κ2) is 6.45. The number of furan rings is 1. The Kier molecular flexibility index (Phi) is 5.22. The number of aromatic carboxylic acids is 1. The summed E-state index contributed by atoms with van der Waals surface area (Å²) in [5.74, 6) is -0.313. The van der Waals surface area contributed by atoms with Crippen LogP contribution in [0.3, 0.4) is 0 Å². The highest BCUT2D eigenvalue weighted by atomic mass is 16.4. The Bertz CT molecular complexity index is 359. The molecule has 0 aliphatic heterocycles. The monoisotopic (exact) mass is 239 g/mol. The van der Waals surface area contributed by atoms with Gasteiger partial charge >= 0.3 is 5.97 Å². The van der Waals surface area contributed by atoms with Crippen LogP contribution in [0.4, 0.5) is 0 Å². The van der Waals surface area contributed by atoms with E-state index in [0.717, 1.165) is 25.1 Å². The van der Waals surface area contributed by atoms with Crippen LogP contribution in [-0.4, -0.2) is 29.1 Å². The minimum absolute atomic E-state index is 0.0626.